The molecule has 1 heterocycles. The van der Waals surface area contributed by atoms with Crippen LogP contribution in [0.5, 0.6) is 0 Å². The highest BCUT2D eigenvalue weighted by atomic mass is 35.5. The third-order valence-electron chi connectivity index (χ3n) is 2.95. The monoisotopic (exact) mass is 324 g/mol. The van der Waals surface area contributed by atoms with Gasteiger partial charge in [-0.3, -0.25) is 4.79 Å². The van der Waals surface area contributed by atoms with Gasteiger partial charge in [-0.1, -0.05) is 30.3 Å². The zero-order valence-corrected chi connectivity index (χ0v) is 13.5. The summed E-state index contributed by atoms with van der Waals surface area (Å²) in [5, 5.41) is 9.47. The largest absolute Gasteiger partial charge is 0.369 e. The quantitative estimate of drug-likeness (QED) is 0.829. The van der Waals surface area contributed by atoms with E-state index in [1.165, 1.54) is 11.8 Å². The Balaban J connectivity index is 2.36. The summed E-state index contributed by atoms with van der Waals surface area (Å²) in [5.41, 5.74) is 6.25. The van der Waals surface area contributed by atoms with Gasteiger partial charge in [0.1, 0.15) is 0 Å². The Kier molecular flexibility index (Phi) is 5.25. The summed E-state index contributed by atoms with van der Waals surface area (Å²) in [6.45, 7) is 4.62. The maximum absolute atomic E-state index is 11.2. The lowest BCUT2D eigenvalue weighted by molar-refractivity contribution is -0.117. The van der Waals surface area contributed by atoms with Crippen molar-refractivity contribution in [1.29, 1.82) is 0 Å². The van der Waals surface area contributed by atoms with Crippen LogP contribution in [0, 0.1) is 0 Å². The number of carbonyl (C=O) groups is 1. The van der Waals surface area contributed by atoms with Gasteiger partial charge in [0.15, 0.2) is 11.0 Å². The molecular weight excluding hydrogens is 308 g/mol. The van der Waals surface area contributed by atoms with E-state index in [2.05, 4.69) is 17.1 Å². The van der Waals surface area contributed by atoms with Gasteiger partial charge in [0, 0.05) is 17.1 Å². The molecule has 5 nitrogen and oxygen atoms in total. The number of thioether (sulfide) groups is 1. The number of benzene rings is 1. The molecule has 0 saturated carbocycles. The van der Waals surface area contributed by atoms with Crippen LogP contribution in [0.25, 0.3) is 11.4 Å². The number of nitrogens with zero attached hydrogens (tertiary/aromatic N) is 3. The van der Waals surface area contributed by atoms with Crippen molar-refractivity contribution in [2.45, 2.75) is 37.2 Å². The molecule has 0 saturated heterocycles. The van der Waals surface area contributed by atoms with E-state index in [0.29, 0.717) is 10.2 Å². The van der Waals surface area contributed by atoms with Crippen LogP contribution in [0.2, 0.25) is 5.02 Å². The van der Waals surface area contributed by atoms with Crippen LogP contribution in [0.4, 0.5) is 0 Å². The predicted molar refractivity (Wildman–Crippen MR) is 85.3 cm³/mol. The molecule has 2 N–H and O–H groups in total. The second-order valence-electron chi connectivity index (χ2n) is 4.63. The predicted octanol–water partition coefficient (Wildman–Crippen LogP) is 2.97. The molecule has 1 atom stereocenters. The van der Waals surface area contributed by atoms with Crippen molar-refractivity contribution in [1.82, 2.24) is 14.8 Å². The van der Waals surface area contributed by atoms with E-state index in [1.807, 2.05) is 28.8 Å². The minimum absolute atomic E-state index is 0.345. The van der Waals surface area contributed by atoms with Gasteiger partial charge in [0.25, 0.3) is 0 Å². The van der Waals surface area contributed by atoms with Crippen molar-refractivity contribution >= 4 is 29.3 Å². The Hall–Kier alpha value is -1.53. The van der Waals surface area contributed by atoms with E-state index in [9.17, 15) is 4.79 Å². The van der Waals surface area contributed by atoms with Gasteiger partial charge < -0.3 is 10.3 Å². The van der Waals surface area contributed by atoms with Crippen LogP contribution in [0.15, 0.2) is 29.4 Å². The Labute approximate surface area is 132 Å². The summed E-state index contributed by atoms with van der Waals surface area (Å²) in [7, 11) is 0. The summed E-state index contributed by atoms with van der Waals surface area (Å²) in [4.78, 5) is 11.2. The standard InChI is InChI=1S/C14H17ClN4OS/c1-3-8-19-13(10-4-6-11(15)7-5-10)17-18-14(19)21-9(2)12(16)20/h4-7,9H,3,8H2,1-2H3,(H2,16,20)/t9-/m0/s1. The van der Waals surface area contributed by atoms with E-state index in [1.54, 1.807) is 6.92 Å². The second-order valence-corrected chi connectivity index (χ2v) is 6.37. The number of hydrogen-bond acceptors (Lipinski definition) is 4. The fourth-order valence-electron chi connectivity index (χ4n) is 1.83. The molecular formula is C14H17ClN4OS. The Bertz CT molecular complexity index is 626. The summed E-state index contributed by atoms with van der Waals surface area (Å²) in [6, 6.07) is 7.45. The fraction of sp³-hybridized carbons (Fsp3) is 0.357. The fourth-order valence-corrected chi connectivity index (χ4v) is 2.78. The van der Waals surface area contributed by atoms with Crippen molar-refractivity contribution < 1.29 is 4.79 Å². The average molecular weight is 325 g/mol. The Morgan fingerprint density at radius 3 is 2.62 bits per heavy atom. The van der Waals surface area contributed by atoms with Gasteiger partial charge in [-0.2, -0.15) is 0 Å². The van der Waals surface area contributed by atoms with E-state index < -0.39 is 0 Å². The molecule has 2 aromatic rings. The second kappa shape index (κ2) is 6.95. The number of aromatic nitrogens is 3. The average Bonchev–Trinajstić information content (AvgIpc) is 2.83. The lowest BCUT2D eigenvalue weighted by Crippen LogP contribution is -2.23. The third-order valence-corrected chi connectivity index (χ3v) is 4.30. The molecule has 1 aromatic carbocycles. The number of halogens is 1. The highest BCUT2D eigenvalue weighted by molar-refractivity contribution is 8.00. The highest BCUT2D eigenvalue weighted by Crippen LogP contribution is 2.27. The maximum Gasteiger partial charge on any atom is 0.230 e. The van der Waals surface area contributed by atoms with Gasteiger partial charge in [0.2, 0.25) is 5.91 Å². The lowest BCUT2D eigenvalue weighted by Gasteiger charge is -2.10. The number of hydrogen-bond donors (Lipinski definition) is 1. The molecule has 0 bridgehead atoms. The van der Waals surface area contributed by atoms with Crippen LogP contribution >= 0.6 is 23.4 Å². The summed E-state index contributed by atoms with van der Waals surface area (Å²) < 4.78 is 2.01. The minimum atomic E-state index is -0.362. The molecule has 0 radical (unpaired) electrons. The van der Waals surface area contributed by atoms with Crippen molar-refractivity contribution in [2.75, 3.05) is 0 Å². The van der Waals surface area contributed by atoms with E-state index >= 15 is 0 Å². The summed E-state index contributed by atoms with van der Waals surface area (Å²) >= 11 is 7.24. The number of amides is 1. The number of primary amides is 1. The van der Waals surface area contributed by atoms with Gasteiger partial charge in [-0.25, -0.2) is 0 Å². The third kappa shape index (κ3) is 3.77. The molecule has 21 heavy (non-hydrogen) atoms. The first-order chi connectivity index (χ1) is 10.0. The topological polar surface area (TPSA) is 73.8 Å². The molecule has 7 heteroatoms. The van der Waals surface area contributed by atoms with Gasteiger partial charge >= 0.3 is 0 Å². The van der Waals surface area contributed by atoms with Crippen LogP contribution in [-0.2, 0) is 11.3 Å². The molecule has 0 aliphatic heterocycles. The molecule has 112 valence electrons. The molecule has 0 aliphatic carbocycles. The van der Waals surface area contributed by atoms with Crippen LogP contribution < -0.4 is 5.73 Å². The van der Waals surface area contributed by atoms with E-state index in [4.69, 9.17) is 17.3 Å². The number of nitrogens with two attached hydrogens (primary N) is 1. The molecule has 0 aliphatic rings. The molecule has 0 fully saturated rings. The van der Waals surface area contributed by atoms with Crippen LogP contribution in [0.1, 0.15) is 20.3 Å². The molecule has 0 unspecified atom stereocenters. The van der Waals surface area contributed by atoms with Crippen molar-refractivity contribution in [3.63, 3.8) is 0 Å². The van der Waals surface area contributed by atoms with Crippen LogP contribution in [-0.4, -0.2) is 25.9 Å². The normalized spacial score (nSPS) is 12.3. The van der Waals surface area contributed by atoms with Gasteiger partial charge in [-0.05, 0) is 37.6 Å². The molecule has 2 rings (SSSR count). The van der Waals surface area contributed by atoms with Crippen molar-refractivity contribution in [3.05, 3.63) is 29.3 Å². The van der Waals surface area contributed by atoms with Gasteiger partial charge in [-0.15, -0.1) is 10.2 Å². The first-order valence-corrected chi connectivity index (χ1v) is 7.93. The Morgan fingerprint density at radius 1 is 1.38 bits per heavy atom. The first-order valence-electron chi connectivity index (χ1n) is 6.68. The van der Waals surface area contributed by atoms with Gasteiger partial charge in [0.05, 0.1) is 5.25 Å². The first kappa shape index (κ1) is 15.9. The zero-order chi connectivity index (χ0) is 15.4. The summed E-state index contributed by atoms with van der Waals surface area (Å²) in [6.07, 6.45) is 0.942. The molecule has 1 aromatic heterocycles. The lowest BCUT2D eigenvalue weighted by atomic mass is 10.2. The SMILES string of the molecule is CCCn1c(S[C@@H](C)C(N)=O)nnc1-c1ccc(Cl)cc1. The zero-order valence-electron chi connectivity index (χ0n) is 11.9. The van der Waals surface area contributed by atoms with Crippen LogP contribution in [0.3, 0.4) is 0 Å². The number of rotatable bonds is 6. The minimum Gasteiger partial charge on any atom is -0.369 e. The molecule has 1 amide bonds. The maximum atomic E-state index is 11.2. The highest BCUT2D eigenvalue weighted by Gasteiger charge is 2.18. The molecule has 0 spiro atoms. The summed E-state index contributed by atoms with van der Waals surface area (Å²) in [5.74, 6) is 0.409. The smallest absolute Gasteiger partial charge is 0.230 e. The van der Waals surface area contributed by atoms with E-state index in [-0.39, 0.29) is 11.2 Å². The van der Waals surface area contributed by atoms with Crippen molar-refractivity contribution in [2.24, 2.45) is 5.73 Å². The Morgan fingerprint density at radius 2 is 2.05 bits per heavy atom. The number of carbonyl (C=O) groups excluding carboxylic acids is 1. The van der Waals surface area contributed by atoms with Crippen molar-refractivity contribution in [3.8, 4) is 11.4 Å². The van der Waals surface area contributed by atoms with E-state index in [0.717, 1.165) is 24.4 Å².